The van der Waals surface area contributed by atoms with Crippen molar-refractivity contribution in [2.75, 3.05) is 0 Å². The molecular weight excluding hydrogens is 238 g/mol. The maximum absolute atomic E-state index is 12.1. The van der Waals surface area contributed by atoms with Crippen LogP contribution in [0, 0.1) is 6.92 Å². The maximum Gasteiger partial charge on any atom is 0.185 e. The van der Waals surface area contributed by atoms with Crippen LogP contribution < -0.4 is 0 Å². The summed E-state index contributed by atoms with van der Waals surface area (Å²) in [4.78, 5) is 4.04. The van der Waals surface area contributed by atoms with Gasteiger partial charge in [-0.05, 0) is 24.6 Å². The maximum atomic E-state index is 12.1. The summed E-state index contributed by atoms with van der Waals surface area (Å²) in [7, 11) is -1.59. The lowest BCUT2D eigenvalue weighted by molar-refractivity contribution is 0.593. The Morgan fingerprint density at radius 1 is 1.41 bits per heavy atom. The molecule has 0 saturated heterocycles. The van der Waals surface area contributed by atoms with Crippen LogP contribution in [0.1, 0.15) is 11.3 Å². The molecule has 2 rings (SSSR count). The van der Waals surface area contributed by atoms with E-state index in [1.165, 1.54) is 6.20 Å². The molecule has 2 aromatic heterocycles. The number of nitrogens with zero attached hydrogens (tertiary/aromatic N) is 3. The highest BCUT2D eigenvalue weighted by molar-refractivity contribution is 7.90. The van der Waals surface area contributed by atoms with E-state index in [0.717, 1.165) is 5.56 Å². The molecule has 2 heterocycles. The van der Waals surface area contributed by atoms with Gasteiger partial charge in [0.05, 0.1) is 16.3 Å². The molecule has 0 aliphatic carbocycles. The van der Waals surface area contributed by atoms with Gasteiger partial charge in [0.25, 0.3) is 0 Å². The van der Waals surface area contributed by atoms with Crippen LogP contribution in [0.15, 0.2) is 35.6 Å². The van der Waals surface area contributed by atoms with Crippen molar-refractivity contribution in [3.8, 4) is 0 Å². The molecule has 0 N–H and O–H groups in total. The molecular formula is C11H13N3O2S. The third-order valence-electron chi connectivity index (χ3n) is 2.43. The minimum Gasteiger partial charge on any atom is -0.275 e. The summed E-state index contributed by atoms with van der Waals surface area (Å²) in [6.07, 6.45) is 4.70. The molecule has 90 valence electrons. The normalized spacial score (nSPS) is 11.6. The highest BCUT2D eigenvalue weighted by Gasteiger charge is 2.18. The van der Waals surface area contributed by atoms with Crippen LogP contribution in [0.25, 0.3) is 0 Å². The first-order chi connectivity index (χ1) is 7.99. The zero-order valence-corrected chi connectivity index (χ0v) is 10.5. The van der Waals surface area contributed by atoms with Crippen molar-refractivity contribution in [2.24, 2.45) is 7.05 Å². The minimum absolute atomic E-state index is 0.0919. The van der Waals surface area contributed by atoms with Crippen LogP contribution in [-0.4, -0.2) is 23.2 Å². The van der Waals surface area contributed by atoms with Crippen molar-refractivity contribution >= 4 is 9.84 Å². The van der Waals surface area contributed by atoms with Gasteiger partial charge in [-0.1, -0.05) is 0 Å². The van der Waals surface area contributed by atoms with Gasteiger partial charge in [0.1, 0.15) is 0 Å². The lowest BCUT2D eigenvalue weighted by atomic mass is 10.3. The highest BCUT2D eigenvalue weighted by atomic mass is 32.2. The predicted molar refractivity (Wildman–Crippen MR) is 63.1 cm³/mol. The summed E-state index contributed by atoms with van der Waals surface area (Å²) >= 11 is 0. The van der Waals surface area contributed by atoms with Crippen LogP contribution in [0.2, 0.25) is 0 Å². The van der Waals surface area contributed by atoms with Crippen molar-refractivity contribution in [3.05, 3.63) is 42.0 Å². The molecule has 0 saturated carbocycles. The van der Waals surface area contributed by atoms with Crippen molar-refractivity contribution in [3.63, 3.8) is 0 Å². The molecule has 0 amide bonds. The average molecular weight is 251 g/mol. The van der Waals surface area contributed by atoms with Gasteiger partial charge < -0.3 is 0 Å². The van der Waals surface area contributed by atoms with E-state index in [0.29, 0.717) is 5.69 Å². The van der Waals surface area contributed by atoms with Gasteiger partial charge in [-0.25, -0.2) is 8.42 Å². The summed E-state index contributed by atoms with van der Waals surface area (Å²) < 4.78 is 25.8. The van der Waals surface area contributed by atoms with E-state index in [-0.39, 0.29) is 10.6 Å². The van der Waals surface area contributed by atoms with E-state index < -0.39 is 9.84 Å². The number of aryl methyl sites for hydroxylation is 2. The summed E-state index contributed by atoms with van der Waals surface area (Å²) in [6, 6.07) is 3.15. The van der Waals surface area contributed by atoms with E-state index in [1.807, 2.05) is 6.92 Å². The Labute approximate surface area is 100 Å². The minimum atomic E-state index is -3.36. The zero-order chi connectivity index (χ0) is 12.5. The first kappa shape index (κ1) is 11.8. The second kappa shape index (κ2) is 4.29. The van der Waals surface area contributed by atoms with Crippen LogP contribution in [-0.2, 0) is 22.6 Å². The third-order valence-corrected chi connectivity index (χ3v) is 4.05. The van der Waals surface area contributed by atoms with Crippen LogP contribution in [0.3, 0.4) is 0 Å². The molecule has 0 fully saturated rings. The van der Waals surface area contributed by atoms with Crippen molar-refractivity contribution in [1.82, 2.24) is 14.8 Å². The number of hydrogen-bond donors (Lipinski definition) is 0. The molecule has 0 aromatic carbocycles. The number of hydrogen-bond acceptors (Lipinski definition) is 4. The molecule has 5 nitrogen and oxygen atoms in total. The van der Waals surface area contributed by atoms with E-state index in [2.05, 4.69) is 10.1 Å². The Kier molecular flexibility index (Phi) is 2.97. The summed E-state index contributed by atoms with van der Waals surface area (Å²) in [6.45, 7) is 1.85. The monoisotopic (exact) mass is 251 g/mol. The van der Waals surface area contributed by atoms with Crippen LogP contribution in [0.5, 0.6) is 0 Å². The van der Waals surface area contributed by atoms with E-state index in [1.54, 1.807) is 36.3 Å². The SMILES string of the molecule is Cc1cn(C)nc1CS(=O)(=O)c1cccnc1. The first-order valence-electron chi connectivity index (χ1n) is 5.11. The van der Waals surface area contributed by atoms with Crippen molar-refractivity contribution in [2.45, 2.75) is 17.6 Å². The second-order valence-corrected chi connectivity index (χ2v) is 5.87. The Morgan fingerprint density at radius 3 is 2.71 bits per heavy atom. The zero-order valence-electron chi connectivity index (χ0n) is 9.66. The fourth-order valence-corrected chi connectivity index (χ4v) is 2.91. The quantitative estimate of drug-likeness (QED) is 0.819. The van der Waals surface area contributed by atoms with E-state index >= 15 is 0 Å². The van der Waals surface area contributed by atoms with Crippen LogP contribution in [0.4, 0.5) is 0 Å². The van der Waals surface area contributed by atoms with E-state index in [9.17, 15) is 8.42 Å². The third kappa shape index (κ3) is 2.52. The number of pyridine rings is 1. The molecule has 0 spiro atoms. The standard InChI is InChI=1S/C11H13N3O2S/c1-9-7-14(2)13-11(9)8-17(15,16)10-4-3-5-12-6-10/h3-7H,8H2,1-2H3. The molecule has 0 bridgehead atoms. The largest absolute Gasteiger partial charge is 0.275 e. The fourth-order valence-electron chi connectivity index (χ4n) is 1.59. The lowest BCUT2D eigenvalue weighted by Gasteiger charge is -2.02. The molecule has 6 heteroatoms. The van der Waals surface area contributed by atoms with Gasteiger partial charge in [0.2, 0.25) is 0 Å². The molecule has 0 aliphatic rings. The molecule has 2 aromatic rings. The van der Waals surface area contributed by atoms with Gasteiger partial charge in [0, 0.05) is 25.6 Å². The fraction of sp³-hybridized carbons (Fsp3) is 0.273. The summed E-state index contributed by atoms with van der Waals surface area (Å²) in [5, 5.41) is 4.14. The van der Waals surface area contributed by atoms with Gasteiger partial charge in [-0.2, -0.15) is 5.10 Å². The van der Waals surface area contributed by atoms with Crippen molar-refractivity contribution in [1.29, 1.82) is 0 Å². The molecule has 0 radical (unpaired) electrons. The van der Waals surface area contributed by atoms with Crippen LogP contribution >= 0.6 is 0 Å². The van der Waals surface area contributed by atoms with Gasteiger partial charge in [-0.15, -0.1) is 0 Å². The second-order valence-electron chi connectivity index (χ2n) is 3.88. The molecule has 0 atom stereocenters. The predicted octanol–water partition coefficient (Wildman–Crippen LogP) is 1.10. The Morgan fingerprint density at radius 2 is 2.18 bits per heavy atom. The summed E-state index contributed by atoms with van der Waals surface area (Å²) in [5.74, 6) is -0.0919. The Balaban J connectivity index is 2.33. The number of aromatic nitrogens is 3. The highest BCUT2D eigenvalue weighted by Crippen LogP contribution is 2.16. The number of sulfone groups is 1. The molecule has 17 heavy (non-hydrogen) atoms. The Hall–Kier alpha value is -1.69. The Bertz CT molecular complexity index is 617. The smallest absolute Gasteiger partial charge is 0.185 e. The lowest BCUT2D eigenvalue weighted by Crippen LogP contribution is -2.07. The average Bonchev–Trinajstić information content (AvgIpc) is 2.58. The van der Waals surface area contributed by atoms with Gasteiger partial charge in [-0.3, -0.25) is 9.67 Å². The molecule has 0 aliphatic heterocycles. The summed E-state index contributed by atoms with van der Waals surface area (Å²) in [5.41, 5.74) is 1.45. The van der Waals surface area contributed by atoms with Gasteiger partial charge in [0.15, 0.2) is 9.84 Å². The van der Waals surface area contributed by atoms with Crippen molar-refractivity contribution < 1.29 is 8.42 Å². The van der Waals surface area contributed by atoms with E-state index in [4.69, 9.17) is 0 Å². The topological polar surface area (TPSA) is 64.8 Å². The molecule has 0 unspecified atom stereocenters. The number of rotatable bonds is 3. The van der Waals surface area contributed by atoms with Gasteiger partial charge >= 0.3 is 0 Å². The first-order valence-corrected chi connectivity index (χ1v) is 6.76.